The highest BCUT2D eigenvalue weighted by atomic mass is 32.2. The number of rotatable bonds is 5. The van der Waals surface area contributed by atoms with E-state index in [9.17, 15) is 0 Å². The van der Waals surface area contributed by atoms with Crippen molar-refractivity contribution in [2.24, 2.45) is 5.73 Å². The van der Waals surface area contributed by atoms with Gasteiger partial charge in [0.1, 0.15) is 5.75 Å². The van der Waals surface area contributed by atoms with Crippen LogP contribution in [-0.4, -0.2) is 12.9 Å². The molecular weight excluding hydrogens is 206 g/mol. The van der Waals surface area contributed by atoms with Gasteiger partial charge in [-0.25, -0.2) is 0 Å². The molecule has 0 fully saturated rings. The minimum absolute atomic E-state index is 0.0845. The molecule has 15 heavy (non-hydrogen) atoms. The molecule has 0 amide bonds. The lowest BCUT2D eigenvalue weighted by Gasteiger charge is -2.13. The van der Waals surface area contributed by atoms with Crippen molar-refractivity contribution < 1.29 is 4.74 Å². The van der Waals surface area contributed by atoms with Crippen molar-refractivity contribution >= 4 is 11.8 Å². The molecular formula is C12H19NOS. The lowest BCUT2D eigenvalue weighted by molar-refractivity contribution is 0.337. The molecule has 0 spiro atoms. The van der Waals surface area contributed by atoms with Crippen LogP contribution in [0.2, 0.25) is 0 Å². The van der Waals surface area contributed by atoms with Gasteiger partial charge in [-0.15, -0.1) is 0 Å². The molecule has 0 aliphatic heterocycles. The summed E-state index contributed by atoms with van der Waals surface area (Å²) in [4.78, 5) is 0. The van der Waals surface area contributed by atoms with Crippen molar-refractivity contribution in [3.05, 3.63) is 29.3 Å². The van der Waals surface area contributed by atoms with Crippen LogP contribution in [0.25, 0.3) is 0 Å². The first-order valence-corrected chi connectivity index (χ1v) is 6.58. The third-order valence-corrected chi connectivity index (χ3v) is 2.81. The smallest absolute Gasteiger partial charge is 0.123 e. The van der Waals surface area contributed by atoms with E-state index in [0.717, 1.165) is 11.5 Å². The first-order valence-electron chi connectivity index (χ1n) is 5.19. The van der Waals surface area contributed by atoms with Gasteiger partial charge in [-0.2, -0.15) is 11.8 Å². The molecule has 0 bridgehead atoms. The van der Waals surface area contributed by atoms with Gasteiger partial charge in [0, 0.05) is 17.4 Å². The highest BCUT2D eigenvalue weighted by molar-refractivity contribution is 7.97. The van der Waals surface area contributed by atoms with Gasteiger partial charge in [0.05, 0.1) is 6.61 Å². The molecule has 2 nitrogen and oxygen atoms in total. The second-order valence-electron chi connectivity index (χ2n) is 3.52. The van der Waals surface area contributed by atoms with Crippen molar-refractivity contribution in [1.82, 2.24) is 0 Å². The Balaban J connectivity index is 2.97. The molecule has 1 rings (SSSR count). The summed E-state index contributed by atoms with van der Waals surface area (Å²) < 4.78 is 5.57. The van der Waals surface area contributed by atoms with Gasteiger partial charge >= 0.3 is 0 Å². The molecule has 1 unspecified atom stereocenters. The van der Waals surface area contributed by atoms with Crippen LogP contribution in [-0.2, 0) is 5.75 Å². The van der Waals surface area contributed by atoms with Crippen molar-refractivity contribution in [2.45, 2.75) is 25.6 Å². The van der Waals surface area contributed by atoms with E-state index < -0.39 is 0 Å². The zero-order valence-electron chi connectivity index (χ0n) is 9.62. The van der Waals surface area contributed by atoms with E-state index in [4.69, 9.17) is 10.5 Å². The maximum Gasteiger partial charge on any atom is 0.123 e. The summed E-state index contributed by atoms with van der Waals surface area (Å²) in [7, 11) is 0. The second kappa shape index (κ2) is 6.03. The summed E-state index contributed by atoms with van der Waals surface area (Å²) in [6.07, 6.45) is 2.09. The Hall–Kier alpha value is -0.670. The Labute approximate surface area is 96.2 Å². The Bertz CT molecular complexity index is 312. The number of nitrogens with two attached hydrogens (primary N) is 1. The standard InChI is InChI=1S/C12H19NOS/c1-4-14-12-6-5-10(9(2)13)7-11(12)8-15-3/h5-7,9H,4,8,13H2,1-3H3. The van der Waals surface area contributed by atoms with Crippen LogP contribution in [0.15, 0.2) is 18.2 Å². The van der Waals surface area contributed by atoms with Gasteiger partial charge < -0.3 is 10.5 Å². The first kappa shape index (κ1) is 12.4. The molecule has 0 heterocycles. The Kier molecular flexibility index (Phi) is 4.99. The number of thioether (sulfide) groups is 1. The summed E-state index contributed by atoms with van der Waals surface area (Å²) in [6, 6.07) is 6.29. The number of ether oxygens (including phenoxy) is 1. The Morgan fingerprint density at radius 3 is 2.73 bits per heavy atom. The van der Waals surface area contributed by atoms with E-state index in [1.807, 2.05) is 26.0 Å². The fourth-order valence-electron chi connectivity index (χ4n) is 1.45. The van der Waals surface area contributed by atoms with Gasteiger partial charge in [0.25, 0.3) is 0 Å². The third kappa shape index (κ3) is 3.43. The summed E-state index contributed by atoms with van der Waals surface area (Å²) in [5.41, 5.74) is 8.26. The van der Waals surface area contributed by atoms with E-state index >= 15 is 0 Å². The quantitative estimate of drug-likeness (QED) is 0.836. The van der Waals surface area contributed by atoms with E-state index in [1.54, 1.807) is 11.8 Å². The van der Waals surface area contributed by atoms with Crippen molar-refractivity contribution in [3.63, 3.8) is 0 Å². The van der Waals surface area contributed by atoms with Gasteiger partial charge in [-0.05, 0) is 37.8 Å². The normalized spacial score (nSPS) is 12.5. The minimum atomic E-state index is 0.0845. The summed E-state index contributed by atoms with van der Waals surface area (Å²) >= 11 is 1.79. The van der Waals surface area contributed by atoms with Crippen molar-refractivity contribution in [2.75, 3.05) is 12.9 Å². The molecule has 84 valence electrons. The lowest BCUT2D eigenvalue weighted by atomic mass is 10.1. The SMILES string of the molecule is CCOc1ccc(C(C)N)cc1CSC. The molecule has 1 atom stereocenters. The molecule has 0 aromatic heterocycles. The fraction of sp³-hybridized carbons (Fsp3) is 0.500. The van der Waals surface area contributed by atoms with Crippen molar-refractivity contribution in [3.8, 4) is 5.75 Å². The van der Waals surface area contributed by atoms with Crippen LogP contribution < -0.4 is 10.5 Å². The molecule has 2 N–H and O–H groups in total. The Morgan fingerprint density at radius 2 is 2.20 bits per heavy atom. The van der Waals surface area contributed by atoms with Crippen LogP contribution in [0.3, 0.4) is 0 Å². The average molecular weight is 225 g/mol. The summed E-state index contributed by atoms with van der Waals surface area (Å²) in [6.45, 7) is 4.71. The molecule has 0 saturated carbocycles. The fourth-order valence-corrected chi connectivity index (χ4v) is 1.98. The van der Waals surface area contributed by atoms with E-state index in [2.05, 4.69) is 12.3 Å². The van der Waals surface area contributed by atoms with E-state index in [-0.39, 0.29) is 6.04 Å². The Morgan fingerprint density at radius 1 is 1.47 bits per heavy atom. The van der Waals surface area contributed by atoms with Crippen LogP contribution in [0.1, 0.15) is 31.0 Å². The predicted octanol–water partition coefficient (Wildman–Crippen LogP) is 2.97. The maximum absolute atomic E-state index is 5.86. The molecule has 0 aliphatic carbocycles. The monoisotopic (exact) mass is 225 g/mol. The lowest BCUT2D eigenvalue weighted by Crippen LogP contribution is -2.06. The number of benzene rings is 1. The molecule has 1 aromatic rings. The van der Waals surface area contributed by atoms with Crippen LogP contribution in [0, 0.1) is 0 Å². The van der Waals surface area contributed by atoms with Crippen LogP contribution >= 0.6 is 11.8 Å². The van der Waals surface area contributed by atoms with E-state index in [0.29, 0.717) is 6.61 Å². The van der Waals surface area contributed by atoms with Crippen LogP contribution in [0.5, 0.6) is 5.75 Å². The van der Waals surface area contributed by atoms with Gasteiger partial charge in [0.2, 0.25) is 0 Å². The predicted molar refractivity (Wildman–Crippen MR) is 67.4 cm³/mol. The largest absolute Gasteiger partial charge is 0.494 e. The molecule has 0 saturated heterocycles. The molecule has 0 radical (unpaired) electrons. The summed E-state index contributed by atoms with van der Waals surface area (Å²) in [5, 5.41) is 0. The molecule has 1 aromatic carbocycles. The van der Waals surface area contributed by atoms with Crippen LogP contribution in [0.4, 0.5) is 0 Å². The number of hydrogen-bond acceptors (Lipinski definition) is 3. The second-order valence-corrected chi connectivity index (χ2v) is 4.39. The highest BCUT2D eigenvalue weighted by Crippen LogP contribution is 2.25. The summed E-state index contributed by atoms with van der Waals surface area (Å²) in [5.74, 6) is 1.95. The topological polar surface area (TPSA) is 35.2 Å². The van der Waals surface area contributed by atoms with Crippen molar-refractivity contribution in [1.29, 1.82) is 0 Å². The zero-order valence-corrected chi connectivity index (χ0v) is 10.4. The molecule has 0 aliphatic rings. The zero-order chi connectivity index (χ0) is 11.3. The maximum atomic E-state index is 5.86. The van der Waals surface area contributed by atoms with Gasteiger partial charge in [-0.1, -0.05) is 6.07 Å². The first-order chi connectivity index (χ1) is 7.19. The third-order valence-electron chi connectivity index (χ3n) is 2.21. The highest BCUT2D eigenvalue weighted by Gasteiger charge is 2.06. The minimum Gasteiger partial charge on any atom is -0.494 e. The molecule has 3 heteroatoms. The van der Waals surface area contributed by atoms with Gasteiger partial charge in [-0.3, -0.25) is 0 Å². The average Bonchev–Trinajstić information content (AvgIpc) is 2.21. The van der Waals surface area contributed by atoms with E-state index in [1.165, 1.54) is 11.1 Å². The number of hydrogen-bond donors (Lipinski definition) is 1. The van der Waals surface area contributed by atoms with Gasteiger partial charge in [0.15, 0.2) is 0 Å².